The number of benzene rings is 11. The highest BCUT2D eigenvalue weighted by molar-refractivity contribution is 7.26. The third-order valence-electron chi connectivity index (χ3n) is 14.7. The second-order valence-electron chi connectivity index (χ2n) is 18.4. The fourth-order valence-electron chi connectivity index (χ4n) is 11.7. The minimum Gasteiger partial charge on any atom is -0.310 e. The smallest absolute Gasteiger partial charge is 0.0714 e. The van der Waals surface area contributed by atoms with Crippen LogP contribution in [0.15, 0.2) is 267 Å². The fourth-order valence-corrected chi connectivity index (χ4v) is 12.8. The van der Waals surface area contributed by atoms with Gasteiger partial charge in [0.1, 0.15) is 0 Å². The fraction of sp³-hybridized carbons (Fsp3) is 0.0149. The van der Waals surface area contributed by atoms with Crippen molar-refractivity contribution < 1.29 is 0 Å². The average Bonchev–Trinajstić information content (AvgIpc) is 4.08. The summed E-state index contributed by atoms with van der Waals surface area (Å²) in [5.41, 5.74) is 18.8. The van der Waals surface area contributed by atoms with Gasteiger partial charge < -0.3 is 9.47 Å². The van der Waals surface area contributed by atoms with Gasteiger partial charge in [0, 0.05) is 47.9 Å². The predicted molar refractivity (Wildman–Crippen MR) is 297 cm³/mol. The summed E-state index contributed by atoms with van der Waals surface area (Å²) < 4.78 is 4.99. The zero-order chi connectivity index (χ0) is 46.2. The molecule has 70 heavy (non-hydrogen) atoms. The molecule has 0 radical (unpaired) electrons. The molecule has 1 aliphatic carbocycles. The monoisotopic (exact) mass is 908 g/mol. The third-order valence-corrected chi connectivity index (χ3v) is 15.8. The Balaban J connectivity index is 0.932. The molecule has 0 spiro atoms. The molecule has 0 fully saturated rings. The maximum absolute atomic E-state index is 2.49. The number of nitrogens with zero attached hydrogens (tertiary/aromatic N) is 2. The van der Waals surface area contributed by atoms with E-state index in [9.17, 15) is 0 Å². The molecule has 0 bridgehead atoms. The second-order valence-corrected chi connectivity index (χ2v) is 19.4. The summed E-state index contributed by atoms with van der Waals surface area (Å²) in [7, 11) is 0. The first-order valence-electron chi connectivity index (χ1n) is 24.1. The van der Waals surface area contributed by atoms with Crippen molar-refractivity contribution in [3.05, 3.63) is 289 Å². The van der Waals surface area contributed by atoms with E-state index < -0.39 is 5.41 Å². The van der Waals surface area contributed by atoms with Gasteiger partial charge in [0.2, 0.25) is 0 Å². The van der Waals surface area contributed by atoms with Crippen molar-refractivity contribution in [1.29, 1.82) is 0 Å². The van der Waals surface area contributed by atoms with Crippen LogP contribution >= 0.6 is 11.3 Å². The second kappa shape index (κ2) is 16.2. The van der Waals surface area contributed by atoms with Crippen molar-refractivity contribution >= 4 is 70.4 Å². The maximum atomic E-state index is 2.49. The molecule has 2 nitrogen and oxygen atoms in total. The number of hydrogen-bond acceptors (Lipinski definition) is 2. The van der Waals surface area contributed by atoms with Gasteiger partial charge >= 0.3 is 0 Å². The molecule has 0 unspecified atom stereocenters. The first-order chi connectivity index (χ1) is 34.7. The molecule has 1 aliphatic rings. The molecule has 11 aromatic carbocycles. The summed E-state index contributed by atoms with van der Waals surface area (Å²) in [5, 5.41) is 5.06. The van der Waals surface area contributed by atoms with Crippen LogP contribution in [0.3, 0.4) is 0 Å². The Morgan fingerprint density at radius 2 is 0.900 bits per heavy atom. The van der Waals surface area contributed by atoms with E-state index in [1.54, 1.807) is 0 Å². The van der Waals surface area contributed by atoms with E-state index >= 15 is 0 Å². The van der Waals surface area contributed by atoms with Gasteiger partial charge in [-0.3, -0.25) is 0 Å². The molecule has 0 atom stereocenters. The molecule has 0 amide bonds. The number of hydrogen-bond donors (Lipinski definition) is 0. The number of aromatic nitrogens is 1. The first kappa shape index (κ1) is 40.3. The Morgan fingerprint density at radius 3 is 1.64 bits per heavy atom. The van der Waals surface area contributed by atoms with E-state index in [1.165, 1.54) is 97.7 Å². The molecule has 0 N–H and O–H groups in total. The summed E-state index contributed by atoms with van der Waals surface area (Å²) in [6, 6.07) is 98.6. The number of thiophene rings is 1. The number of para-hydroxylation sites is 3. The number of fused-ring (bicyclic) bond motifs is 9. The zero-order valence-corrected chi connectivity index (χ0v) is 39.0. The van der Waals surface area contributed by atoms with Gasteiger partial charge in [-0.25, -0.2) is 0 Å². The lowest BCUT2D eigenvalue weighted by Crippen LogP contribution is -2.28. The molecule has 328 valence electrons. The SMILES string of the molecule is c1ccc(C2(c3ccccc3)c3ccccc3-c3ccc(N(c4ccc(-c5cccc(-c6ccccc6-n6c7ccccc7c7ccccc76)c5)cc4)c4cccc5sc6ccccc6c45)cc32)cc1. The van der Waals surface area contributed by atoms with Gasteiger partial charge in [0.25, 0.3) is 0 Å². The first-order valence-corrected chi connectivity index (χ1v) is 24.9. The number of rotatable bonds is 8. The lowest BCUT2D eigenvalue weighted by atomic mass is 9.67. The Morgan fingerprint density at radius 1 is 0.343 bits per heavy atom. The summed E-state index contributed by atoms with van der Waals surface area (Å²) in [5.74, 6) is 0. The van der Waals surface area contributed by atoms with Crippen LogP contribution in [0.5, 0.6) is 0 Å². The highest BCUT2D eigenvalue weighted by Crippen LogP contribution is 2.57. The third kappa shape index (κ3) is 6.12. The van der Waals surface area contributed by atoms with E-state index in [0.717, 1.165) is 22.6 Å². The van der Waals surface area contributed by atoms with E-state index in [0.29, 0.717) is 0 Å². The molecule has 2 aromatic heterocycles. The Labute approximate surface area is 411 Å². The average molecular weight is 909 g/mol. The highest BCUT2D eigenvalue weighted by Gasteiger charge is 2.46. The molecule has 0 aliphatic heterocycles. The largest absolute Gasteiger partial charge is 0.310 e. The van der Waals surface area contributed by atoms with Gasteiger partial charge in [-0.05, 0) is 117 Å². The van der Waals surface area contributed by atoms with E-state index in [1.807, 2.05) is 11.3 Å². The number of anilines is 3. The van der Waals surface area contributed by atoms with Crippen LogP contribution in [0.2, 0.25) is 0 Å². The van der Waals surface area contributed by atoms with Gasteiger partial charge in [-0.1, -0.05) is 200 Å². The van der Waals surface area contributed by atoms with Crippen molar-refractivity contribution in [2.24, 2.45) is 0 Å². The van der Waals surface area contributed by atoms with Crippen molar-refractivity contribution in [1.82, 2.24) is 4.57 Å². The van der Waals surface area contributed by atoms with Crippen molar-refractivity contribution in [3.63, 3.8) is 0 Å². The van der Waals surface area contributed by atoms with E-state index in [4.69, 9.17) is 0 Å². The van der Waals surface area contributed by atoms with Gasteiger partial charge in [0.05, 0.1) is 27.8 Å². The summed E-state index contributed by atoms with van der Waals surface area (Å²) in [6.07, 6.45) is 0. The molecular weight excluding hydrogens is 865 g/mol. The lowest BCUT2D eigenvalue weighted by molar-refractivity contribution is 0.768. The summed E-state index contributed by atoms with van der Waals surface area (Å²) in [4.78, 5) is 2.49. The molecule has 3 heteroatoms. The molecule has 13 aromatic rings. The van der Waals surface area contributed by atoms with Crippen molar-refractivity contribution in [3.8, 4) is 39.1 Å². The highest BCUT2D eigenvalue weighted by atomic mass is 32.1. The Bertz CT molecular complexity index is 4030. The van der Waals surface area contributed by atoms with Crippen LogP contribution in [-0.4, -0.2) is 4.57 Å². The van der Waals surface area contributed by atoms with Gasteiger partial charge in [-0.2, -0.15) is 0 Å². The quantitative estimate of drug-likeness (QED) is 0.147. The zero-order valence-electron chi connectivity index (χ0n) is 38.2. The maximum Gasteiger partial charge on any atom is 0.0714 e. The molecule has 14 rings (SSSR count). The normalized spacial score (nSPS) is 12.7. The van der Waals surface area contributed by atoms with Crippen LogP contribution < -0.4 is 4.90 Å². The van der Waals surface area contributed by atoms with Gasteiger partial charge in [0.15, 0.2) is 0 Å². The molecule has 0 saturated carbocycles. The molecule has 0 saturated heterocycles. The summed E-state index contributed by atoms with van der Waals surface area (Å²) in [6.45, 7) is 0. The topological polar surface area (TPSA) is 8.17 Å². The van der Waals surface area contributed by atoms with Crippen LogP contribution in [0.25, 0.3) is 81.0 Å². The van der Waals surface area contributed by atoms with Crippen LogP contribution in [0.4, 0.5) is 17.1 Å². The molecular formula is C67H44N2S. The van der Waals surface area contributed by atoms with E-state index in [-0.39, 0.29) is 0 Å². The lowest BCUT2D eigenvalue weighted by Gasteiger charge is -2.35. The standard InChI is InChI=1S/C67H44N2S/c1-3-21-48(22-4-1)67(49-23-5-2-6-24-49)58-30-12-7-26-53(58)54-42-41-51(44-59(54)67)68(63-34-18-36-65-66(63)57-29-11-16-35-64(57)70-65)50-39-37-45(38-40-50)46-19-17-20-47(43-46)52-25-8-13-31-60(52)69-61-32-14-9-27-55(61)56-28-10-15-33-62(56)69/h1-44H. The van der Waals surface area contributed by atoms with Crippen LogP contribution in [0.1, 0.15) is 22.3 Å². The van der Waals surface area contributed by atoms with Crippen molar-refractivity contribution in [2.45, 2.75) is 5.41 Å². The van der Waals surface area contributed by atoms with E-state index in [2.05, 4.69) is 276 Å². The Hall–Kier alpha value is -8.76. The van der Waals surface area contributed by atoms with Gasteiger partial charge in [-0.15, -0.1) is 11.3 Å². The Kier molecular flexibility index (Phi) is 9.33. The van der Waals surface area contributed by atoms with Crippen LogP contribution in [0, 0.1) is 0 Å². The van der Waals surface area contributed by atoms with Crippen LogP contribution in [-0.2, 0) is 5.41 Å². The minimum atomic E-state index is -0.522. The minimum absolute atomic E-state index is 0.522. The molecule has 2 heterocycles. The van der Waals surface area contributed by atoms with Crippen molar-refractivity contribution in [2.75, 3.05) is 4.90 Å². The predicted octanol–water partition coefficient (Wildman–Crippen LogP) is 18.3. The summed E-state index contributed by atoms with van der Waals surface area (Å²) >= 11 is 1.86.